The molecule has 4 heteroatoms. The average molecular weight is 281 g/mol. The summed E-state index contributed by atoms with van der Waals surface area (Å²) < 4.78 is 10.9. The molecule has 0 spiro atoms. The van der Waals surface area contributed by atoms with Crippen LogP contribution in [0.1, 0.15) is 26.3 Å². The second-order valence-corrected chi connectivity index (χ2v) is 5.56. The van der Waals surface area contributed by atoms with Crippen molar-refractivity contribution in [2.24, 2.45) is 0 Å². The number of aryl methyl sites for hydroxylation is 1. The van der Waals surface area contributed by atoms with Crippen LogP contribution in [0.3, 0.4) is 0 Å². The molecule has 1 unspecified atom stereocenters. The van der Waals surface area contributed by atoms with Crippen molar-refractivity contribution >= 4 is 0 Å². The molecule has 0 radical (unpaired) electrons. The Morgan fingerprint density at radius 3 is 2.45 bits per heavy atom. The summed E-state index contributed by atoms with van der Waals surface area (Å²) in [4.78, 5) is 0. The maximum atomic E-state index is 9.85. The minimum Gasteiger partial charge on any atom is -0.491 e. The van der Waals surface area contributed by atoms with Crippen molar-refractivity contribution in [3.05, 3.63) is 29.8 Å². The number of aliphatic hydroxyl groups excluding tert-OH is 1. The summed E-state index contributed by atoms with van der Waals surface area (Å²) in [5, 5.41) is 13.0. The van der Waals surface area contributed by atoms with Gasteiger partial charge in [-0.3, -0.25) is 0 Å². The molecule has 0 heterocycles. The van der Waals surface area contributed by atoms with Gasteiger partial charge in [0, 0.05) is 20.2 Å². The maximum Gasteiger partial charge on any atom is 0.119 e. The van der Waals surface area contributed by atoms with Crippen LogP contribution in [0.4, 0.5) is 0 Å². The fourth-order valence-electron chi connectivity index (χ4n) is 1.68. The lowest BCUT2D eigenvalue weighted by Gasteiger charge is -2.24. The number of aliphatic hydroxyl groups is 1. The van der Waals surface area contributed by atoms with E-state index in [0.29, 0.717) is 13.1 Å². The number of benzene rings is 1. The molecule has 0 aliphatic carbocycles. The molecule has 0 amide bonds. The quantitative estimate of drug-likeness (QED) is 0.727. The highest BCUT2D eigenvalue weighted by atomic mass is 16.5. The predicted molar refractivity (Wildman–Crippen MR) is 81.3 cm³/mol. The van der Waals surface area contributed by atoms with Crippen LogP contribution in [0.15, 0.2) is 24.3 Å². The number of rotatable bonds is 9. The fraction of sp³-hybridized carbons (Fsp3) is 0.625. The molecule has 0 saturated carbocycles. The van der Waals surface area contributed by atoms with Gasteiger partial charge in [-0.05, 0) is 38.0 Å². The van der Waals surface area contributed by atoms with Gasteiger partial charge in [0.15, 0.2) is 0 Å². The minimum atomic E-state index is -0.534. The summed E-state index contributed by atoms with van der Waals surface area (Å²) in [6.45, 7) is 7.57. The van der Waals surface area contributed by atoms with E-state index in [2.05, 4.69) is 12.2 Å². The highest BCUT2D eigenvalue weighted by molar-refractivity contribution is 5.27. The summed E-state index contributed by atoms with van der Waals surface area (Å²) in [5.41, 5.74) is 1.05. The van der Waals surface area contributed by atoms with Crippen molar-refractivity contribution < 1.29 is 14.6 Å². The lowest BCUT2D eigenvalue weighted by molar-refractivity contribution is 0.0191. The minimum absolute atomic E-state index is 0.226. The Morgan fingerprint density at radius 1 is 1.25 bits per heavy atom. The number of nitrogens with one attached hydrogen (secondary N) is 1. The highest BCUT2D eigenvalue weighted by Crippen LogP contribution is 2.12. The molecule has 0 saturated heterocycles. The van der Waals surface area contributed by atoms with E-state index in [-0.39, 0.29) is 12.2 Å². The molecular weight excluding hydrogens is 254 g/mol. The summed E-state index contributed by atoms with van der Waals surface area (Å²) >= 11 is 0. The third-order valence-electron chi connectivity index (χ3n) is 3.26. The van der Waals surface area contributed by atoms with Crippen LogP contribution in [-0.2, 0) is 11.2 Å². The van der Waals surface area contributed by atoms with Gasteiger partial charge in [-0.15, -0.1) is 0 Å². The Hall–Kier alpha value is -1.10. The van der Waals surface area contributed by atoms with E-state index in [1.54, 1.807) is 7.11 Å². The van der Waals surface area contributed by atoms with Crippen LogP contribution in [0.5, 0.6) is 5.75 Å². The molecule has 0 aliphatic heterocycles. The number of hydrogen-bond donors (Lipinski definition) is 2. The van der Waals surface area contributed by atoms with Gasteiger partial charge in [-0.1, -0.05) is 19.1 Å². The molecule has 0 aromatic heterocycles. The Balaban J connectivity index is 2.23. The summed E-state index contributed by atoms with van der Waals surface area (Å²) in [5.74, 6) is 0.790. The first kappa shape index (κ1) is 17.0. The van der Waals surface area contributed by atoms with Gasteiger partial charge >= 0.3 is 0 Å². The molecule has 20 heavy (non-hydrogen) atoms. The molecule has 1 aromatic rings. The Kier molecular flexibility index (Phi) is 6.99. The molecule has 4 nitrogen and oxygen atoms in total. The van der Waals surface area contributed by atoms with Crippen LogP contribution >= 0.6 is 0 Å². The Morgan fingerprint density at radius 2 is 1.90 bits per heavy atom. The van der Waals surface area contributed by atoms with E-state index in [0.717, 1.165) is 12.2 Å². The van der Waals surface area contributed by atoms with Crippen LogP contribution in [0.2, 0.25) is 0 Å². The topological polar surface area (TPSA) is 50.7 Å². The third kappa shape index (κ3) is 6.37. The van der Waals surface area contributed by atoms with E-state index in [1.807, 2.05) is 38.1 Å². The summed E-state index contributed by atoms with van der Waals surface area (Å²) in [6, 6.07) is 7.96. The van der Waals surface area contributed by atoms with Gasteiger partial charge in [-0.25, -0.2) is 0 Å². The Labute approximate surface area is 122 Å². The first-order valence-corrected chi connectivity index (χ1v) is 7.12. The van der Waals surface area contributed by atoms with Crippen LogP contribution in [0, 0.1) is 0 Å². The van der Waals surface area contributed by atoms with Crippen molar-refractivity contribution in [1.29, 1.82) is 0 Å². The summed E-state index contributed by atoms with van der Waals surface area (Å²) in [7, 11) is 1.68. The van der Waals surface area contributed by atoms with Gasteiger partial charge in [-0.2, -0.15) is 0 Å². The molecule has 2 N–H and O–H groups in total. The molecule has 114 valence electrons. The lowest BCUT2D eigenvalue weighted by Crippen LogP contribution is -2.41. The van der Waals surface area contributed by atoms with Crippen LogP contribution < -0.4 is 10.1 Å². The van der Waals surface area contributed by atoms with Crippen molar-refractivity contribution in [2.45, 2.75) is 38.9 Å². The maximum absolute atomic E-state index is 9.85. The standard InChI is InChI=1S/C16H27NO3/c1-5-13-6-8-15(9-7-13)20-11-14(18)10-17-12-16(2,3)19-4/h6-9,14,17-18H,5,10-12H2,1-4H3. The van der Waals surface area contributed by atoms with Crippen molar-refractivity contribution in [3.8, 4) is 5.75 Å². The fourth-order valence-corrected chi connectivity index (χ4v) is 1.68. The molecule has 1 atom stereocenters. The zero-order valence-electron chi connectivity index (χ0n) is 13.0. The SMILES string of the molecule is CCc1ccc(OCC(O)CNCC(C)(C)OC)cc1. The van der Waals surface area contributed by atoms with E-state index >= 15 is 0 Å². The Bertz CT molecular complexity index is 376. The third-order valence-corrected chi connectivity index (χ3v) is 3.26. The highest BCUT2D eigenvalue weighted by Gasteiger charge is 2.16. The predicted octanol–water partition coefficient (Wildman–Crippen LogP) is 2.00. The van der Waals surface area contributed by atoms with E-state index in [4.69, 9.17) is 9.47 Å². The molecule has 1 aromatic carbocycles. The smallest absolute Gasteiger partial charge is 0.119 e. The van der Waals surface area contributed by atoms with Crippen molar-refractivity contribution in [3.63, 3.8) is 0 Å². The van der Waals surface area contributed by atoms with Gasteiger partial charge in [0.2, 0.25) is 0 Å². The van der Waals surface area contributed by atoms with E-state index < -0.39 is 6.10 Å². The molecule has 0 fully saturated rings. The molecule has 1 rings (SSSR count). The molecule has 0 aliphatic rings. The monoisotopic (exact) mass is 281 g/mol. The summed E-state index contributed by atoms with van der Waals surface area (Å²) in [6.07, 6.45) is 0.482. The number of methoxy groups -OCH3 is 1. The largest absolute Gasteiger partial charge is 0.491 e. The first-order valence-electron chi connectivity index (χ1n) is 7.12. The zero-order chi connectivity index (χ0) is 15.0. The normalized spacial score (nSPS) is 13.2. The van der Waals surface area contributed by atoms with Gasteiger partial charge in [0.25, 0.3) is 0 Å². The van der Waals surface area contributed by atoms with Crippen molar-refractivity contribution in [1.82, 2.24) is 5.32 Å². The average Bonchev–Trinajstić information content (AvgIpc) is 2.45. The zero-order valence-corrected chi connectivity index (χ0v) is 13.0. The number of ether oxygens (including phenoxy) is 2. The van der Waals surface area contributed by atoms with Gasteiger partial charge < -0.3 is 19.9 Å². The number of hydrogen-bond acceptors (Lipinski definition) is 4. The van der Waals surface area contributed by atoms with Crippen LogP contribution in [-0.4, -0.2) is 43.6 Å². The van der Waals surface area contributed by atoms with Crippen LogP contribution in [0.25, 0.3) is 0 Å². The second kappa shape index (κ2) is 8.25. The molecule has 0 bridgehead atoms. The van der Waals surface area contributed by atoms with Gasteiger partial charge in [0.1, 0.15) is 18.5 Å². The lowest BCUT2D eigenvalue weighted by atomic mass is 10.1. The van der Waals surface area contributed by atoms with Gasteiger partial charge in [0.05, 0.1) is 5.60 Å². The molecular formula is C16H27NO3. The second-order valence-electron chi connectivity index (χ2n) is 5.56. The van der Waals surface area contributed by atoms with Crippen molar-refractivity contribution in [2.75, 3.05) is 26.8 Å². The van der Waals surface area contributed by atoms with E-state index in [1.165, 1.54) is 5.56 Å². The van der Waals surface area contributed by atoms with E-state index in [9.17, 15) is 5.11 Å². The first-order chi connectivity index (χ1) is 9.46.